The third-order valence-corrected chi connectivity index (χ3v) is 4.24. The molecule has 3 heterocycles. The van der Waals surface area contributed by atoms with Crippen molar-refractivity contribution in [1.82, 2.24) is 9.96 Å². The number of nitrogens with two attached hydrogens (primary N) is 3. The highest BCUT2D eigenvalue weighted by Crippen LogP contribution is 2.48. The van der Waals surface area contributed by atoms with Gasteiger partial charge in [0.15, 0.2) is 5.96 Å². The van der Waals surface area contributed by atoms with Crippen LogP contribution in [0.25, 0.3) is 0 Å². The zero-order valence-electron chi connectivity index (χ0n) is 11.5. The van der Waals surface area contributed by atoms with E-state index in [0.29, 0.717) is 5.06 Å². The summed E-state index contributed by atoms with van der Waals surface area (Å²) in [6.07, 6.45) is -1.13. The van der Waals surface area contributed by atoms with Crippen LogP contribution in [0.2, 0.25) is 0 Å². The summed E-state index contributed by atoms with van der Waals surface area (Å²) in [6.45, 7) is -0.168. The molecule has 12 nitrogen and oxygen atoms in total. The van der Waals surface area contributed by atoms with Crippen LogP contribution in [0.3, 0.4) is 0 Å². The molecule has 0 aromatic rings. The van der Waals surface area contributed by atoms with Gasteiger partial charge in [0.05, 0.1) is 0 Å². The molecule has 1 amide bonds. The first kappa shape index (κ1) is 14.6. The number of hydrogen-bond donors (Lipinski definition) is 6. The van der Waals surface area contributed by atoms with E-state index in [1.807, 2.05) is 0 Å². The number of aliphatic imine (C=N–C) groups is 2. The highest BCUT2D eigenvalue weighted by Gasteiger charge is 2.73. The predicted molar refractivity (Wildman–Crippen MR) is 71.2 cm³/mol. The lowest BCUT2D eigenvalue weighted by atomic mass is 9.86. The molecule has 3 aliphatic rings. The van der Waals surface area contributed by atoms with Crippen molar-refractivity contribution in [1.29, 1.82) is 0 Å². The summed E-state index contributed by atoms with van der Waals surface area (Å²) in [5, 5.41) is 31.5. The molecule has 1 saturated heterocycles. The maximum Gasteiger partial charge on any atom is 0.404 e. The first-order chi connectivity index (χ1) is 10.2. The summed E-state index contributed by atoms with van der Waals surface area (Å²) < 4.78 is 4.71. The first-order valence-electron chi connectivity index (χ1n) is 6.52. The first-order valence-corrected chi connectivity index (χ1v) is 6.52. The Morgan fingerprint density at radius 2 is 2.05 bits per heavy atom. The second kappa shape index (κ2) is 4.34. The van der Waals surface area contributed by atoms with Crippen LogP contribution in [0.4, 0.5) is 4.79 Å². The minimum absolute atomic E-state index is 0.0526. The van der Waals surface area contributed by atoms with Gasteiger partial charge in [0.2, 0.25) is 17.4 Å². The second-order valence-electron chi connectivity index (χ2n) is 5.37. The molecule has 0 radical (unpaired) electrons. The van der Waals surface area contributed by atoms with Crippen LogP contribution in [0, 0.1) is 0 Å². The Labute approximate surface area is 124 Å². The number of hydroxylamine groups is 2. The van der Waals surface area contributed by atoms with Gasteiger partial charge in [0.25, 0.3) is 0 Å². The molecular formula is C10H17N7O5. The summed E-state index contributed by atoms with van der Waals surface area (Å²) in [5.41, 5.74) is 14.6. The van der Waals surface area contributed by atoms with Crippen LogP contribution in [-0.2, 0) is 4.74 Å². The molecule has 3 rings (SSSR count). The van der Waals surface area contributed by atoms with Gasteiger partial charge in [-0.3, -0.25) is 5.21 Å². The lowest BCUT2D eigenvalue weighted by Crippen LogP contribution is -2.76. The van der Waals surface area contributed by atoms with Crippen molar-refractivity contribution in [3.8, 4) is 0 Å². The van der Waals surface area contributed by atoms with Crippen LogP contribution < -0.4 is 17.2 Å². The van der Waals surface area contributed by atoms with Crippen molar-refractivity contribution in [3.05, 3.63) is 0 Å². The predicted octanol–water partition coefficient (Wildman–Crippen LogP) is -3.75. The maximum absolute atomic E-state index is 10.8. The Morgan fingerprint density at radius 1 is 1.36 bits per heavy atom. The summed E-state index contributed by atoms with van der Waals surface area (Å²) in [5.74, 6) is -2.73. The number of hydrogen-bond acceptors (Lipinski definition) is 11. The number of nitrogens with zero attached hydrogens (tertiary/aromatic N) is 4. The normalized spacial score (nSPS) is 35.6. The molecule has 0 saturated carbocycles. The van der Waals surface area contributed by atoms with Crippen molar-refractivity contribution in [3.63, 3.8) is 0 Å². The van der Waals surface area contributed by atoms with E-state index in [2.05, 4.69) is 9.98 Å². The SMILES string of the molecule is NC(=O)OC[C@@H]1N=C(N)N2CCC(O)(O)C23C1N=C(N)N3O. The fourth-order valence-corrected chi connectivity index (χ4v) is 3.36. The van der Waals surface area contributed by atoms with Crippen molar-refractivity contribution >= 4 is 18.0 Å². The number of carbonyl (C=O) groups excluding carboxylic acids is 1. The monoisotopic (exact) mass is 315 g/mol. The van der Waals surface area contributed by atoms with E-state index in [0.717, 1.165) is 0 Å². The van der Waals surface area contributed by atoms with Gasteiger partial charge in [-0.15, -0.1) is 0 Å². The number of primary amides is 1. The molecule has 0 aromatic carbocycles. The third-order valence-electron chi connectivity index (χ3n) is 4.24. The Bertz CT molecular complexity index is 578. The number of guanidine groups is 2. The van der Waals surface area contributed by atoms with Gasteiger partial charge in [-0.05, 0) is 0 Å². The van der Waals surface area contributed by atoms with Gasteiger partial charge in [-0.2, -0.15) is 5.06 Å². The summed E-state index contributed by atoms with van der Waals surface area (Å²) in [7, 11) is 0. The average molecular weight is 315 g/mol. The van der Waals surface area contributed by atoms with E-state index in [4.69, 9.17) is 21.9 Å². The zero-order valence-corrected chi connectivity index (χ0v) is 11.5. The molecule has 22 heavy (non-hydrogen) atoms. The number of carbonyl (C=O) groups is 1. The largest absolute Gasteiger partial charge is 0.447 e. The number of amides is 1. The van der Waals surface area contributed by atoms with E-state index < -0.39 is 29.6 Å². The Balaban J connectivity index is 2.07. The Hall–Kier alpha value is -2.31. The molecule has 12 heteroatoms. The Morgan fingerprint density at radius 3 is 2.68 bits per heavy atom. The van der Waals surface area contributed by atoms with Gasteiger partial charge in [-0.25, -0.2) is 14.8 Å². The molecule has 122 valence electrons. The van der Waals surface area contributed by atoms with E-state index in [1.165, 1.54) is 4.90 Å². The van der Waals surface area contributed by atoms with Gasteiger partial charge < -0.3 is 37.1 Å². The maximum atomic E-state index is 10.8. The standard InChI is InChI=1S/C10H17N7O5/c11-6-14-4(3-22-8(13)18)5-10(17(21)7(12)15-5)9(19,20)1-2-16(6)10/h4-5,19-21H,1-3H2,(H2,11,14)(H2,12,15)(H2,13,18)/t4-,5?,10?/m0/s1. The highest BCUT2D eigenvalue weighted by atomic mass is 16.6. The van der Waals surface area contributed by atoms with Gasteiger partial charge in [-0.1, -0.05) is 0 Å². The number of ether oxygens (including phenoxy) is 1. The van der Waals surface area contributed by atoms with Crippen molar-refractivity contribution in [2.24, 2.45) is 27.2 Å². The second-order valence-corrected chi connectivity index (χ2v) is 5.37. The Kier molecular flexibility index (Phi) is 2.89. The van der Waals surface area contributed by atoms with Crippen molar-refractivity contribution in [2.75, 3.05) is 13.2 Å². The third kappa shape index (κ3) is 1.59. The lowest BCUT2D eigenvalue weighted by molar-refractivity contribution is -0.298. The van der Waals surface area contributed by atoms with Crippen LogP contribution in [0.5, 0.6) is 0 Å². The molecule has 3 atom stereocenters. The summed E-state index contributed by atoms with van der Waals surface area (Å²) >= 11 is 0. The molecule has 1 fully saturated rings. The van der Waals surface area contributed by atoms with Crippen LogP contribution >= 0.6 is 0 Å². The molecule has 1 spiro atoms. The van der Waals surface area contributed by atoms with Crippen LogP contribution in [0.1, 0.15) is 6.42 Å². The quantitative estimate of drug-likeness (QED) is 0.277. The fraction of sp³-hybridized carbons (Fsp3) is 0.700. The fourth-order valence-electron chi connectivity index (χ4n) is 3.36. The minimum Gasteiger partial charge on any atom is -0.447 e. The molecule has 3 aliphatic heterocycles. The average Bonchev–Trinajstić information content (AvgIpc) is 2.86. The van der Waals surface area contributed by atoms with E-state index in [-0.39, 0.29) is 31.5 Å². The molecule has 0 aliphatic carbocycles. The van der Waals surface area contributed by atoms with Gasteiger partial charge in [0.1, 0.15) is 18.7 Å². The smallest absolute Gasteiger partial charge is 0.404 e. The molecular weight excluding hydrogens is 298 g/mol. The van der Waals surface area contributed by atoms with Crippen LogP contribution in [-0.4, -0.2) is 80.1 Å². The van der Waals surface area contributed by atoms with E-state index in [1.54, 1.807) is 0 Å². The molecule has 0 aromatic heterocycles. The van der Waals surface area contributed by atoms with Crippen molar-refractivity contribution < 1.29 is 25.0 Å². The lowest BCUT2D eigenvalue weighted by Gasteiger charge is -2.50. The summed E-state index contributed by atoms with van der Waals surface area (Å²) in [6, 6.07) is -1.89. The summed E-state index contributed by atoms with van der Waals surface area (Å²) in [4.78, 5) is 20.3. The number of rotatable bonds is 2. The molecule has 9 N–H and O–H groups in total. The molecule has 2 unspecified atom stereocenters. The topological polar surface area (TPSA) is 196 Å². The number of aliphatic hydroxyl groups is 2. The highest BCUT2D eigenvalue weighted by molar-refractivity contribution is 5.86. The minimum atomic E-state index is -2.36. The molecule has 0 bridgehead atoms. The van der Waals surface area contributed by atoms with E-state index >= 15 is 0 Å². The van der Waals surface area contributed by atoms with Crippen molar-refractivity contribution in [2.45, 2.75) is 30.0 Å². The zero-order chi connectivity index (χ0) is 16.3. The van der Waals surface area contributed by atoms with E-state index in [9.17, 15) is 20.2 Å². The van der Waals surface area contributed by atoms with Gasteiger partial charge in [0, 0.05) is 13.0 Å². The van der Waals surface area contributed by atoms with Crippen LogP contribution in [0.15, 0.2) is 9.98 Å². The van der Waals surface area contributed by atoms with Gasteiger partial charge >= 0.3 is 6.09 Å².